The highest BCUT2D eigenvalue weighted by molar-refractivity contribution is 5.89. The van der Waals surface area contributed by atoms with E-state index in [1.54, 1.807) is 0 Å². The maximum atomic E-state index is 13.0. The molecule has 1 saturated carbocycles. The summed E-state index contributed by atoms with van der Waals surface area (Å²) in [5.41, 5.74) is 0.997. The van der Waals surface area contributed by atoms with Gasteiger partial charge in [-0.3, -0.25) is 9.69 Å². The van der Waals surface area contributed by atoms with Crippen LogP contribution in [-0.4, -0.2) is 36.9 Å². The lowest BCUT2D eigenvalue weighted by atomic mass is 9.81. The van der Waals surface area contributed by atoms with Crippen molar-refractivity contribution in [2.45, 2.75) is 50.0 Å². The first-order chi connectivity index (χ1) is 10.1. The van der Waals surface area contributed by atoms with E-state index in [0.717, 1.165) is 31.6 Å². The van der Waals surface area contributed by atoms with E-state index in [4.69, 9.17) is 4.74 Å². The van der Waals surface area contributed by atoms with Crippen LogP contribution in [0.1, 0.15) is 50.0 Å². The van der Waals surface area contributed by atoms with Crippen molar-refractivity contribution >= 4 is 5.78 Å². The number of carbonyl (C=O) groups excluding carboxylic acids is 1. The van der Waals surface area contributed by atoms with Gasteiger partial charge in [0.25, 0.3) is 0 Å². The normalized spacial score (nSPS) is 23.7. The highest BCUT2D eigenvalue weighted by Crippen LogP contribution is 2.40. The predicted octanol–water partition coefficient (Wildman–Crippen LogP) is 3.39. The zero-order valence-corrected chi connectivity index (χ0v) is 13.1. The predicted molar refractivity (Wildman–Crippen MR) is 83.8 cm³/mol. The molecule has 114 valence electrons. The minimum Gasteiger partial charge on any atom is -0.493 e. The van der Waals surface area contributed by atoms with Crippen molar-refractivity contribution in [2.75, 3.05) is 20.7 Å². The van der Waals surface area contributed by atoms with Gasteiger partial charge in [0.1, 0.15) is 5.75 Å². The van der Waals surface area contributed by atoms with Gasteiger partial charge in [-0.25, -0.2) is 0 Å². The van der Waals surface area contributed by atoms with Gasteiger partial charge in [-0.05, 0) is 50.9 Å². The fourth-order valence-electron chi connectivity index (χ4n) is 3.98. The molecule has 0 N–H and O–H groups in total. The number of likely N-dealkylation sites (N-methyl/N-ethyl adjacent to an activating group) is 1. The molecule has 0 spiro atoms. The van der Waals surface area contributed by atoms with Crippen molar-refractivity contribution < 1.29 is 9.53 Å². The van der Waals surface area contributed by atoms with Crippen LogP contribution in [-0.2, 0) is 4.79 Å². The topological polar surface area (TPSA) is 29.5 Å². The van der Waals surface area contributed by atoms with Crippen molar-refractivity contribution in [3.63, 3.8) is 0 Å². The lowest BCUT2D eigenvalue weighted by molar-refractivity contribution is -0.130. The molecule has 21 heavy (non-hydrogen) atoms. The number of hydrogen-bond acceptors (Lipinski definition) is 3. The summed E-state index contributed by atoms with van der Waals surface area (Å²) >= 11 is 0. The average Bonchev–Trinajstić information content (AvgIpc) is 2.98. The van der Waals surface area contributed by atoms with E-state index in [9.17, 15) is 4.79 Å². The molecule has 1 aromatic rings. The van der Waals surface area contributed by atoms with Crippen LogP contribution < -0.4 is 4.74 Å². The number of para-hydroxylation sites is 1. The van der Waals surface area contributed by atoms with E-state index in [1.807, 2.05) is 18.2 Å². The Kier molecular flexibility index (Phi) is 4.03. The Hall–Kier alpha value is -1.35. The molecule has 0 radical (unpaired) electrons. The number of ketones is 1. The van der Waals surface area contributed by atoms with Gasteiger partial charge < -0.3 is 4.74 Å². The SMILES string of the molecule is CN(C)C1(C(=O)CC2CCOc3ccccc32)CCCC1. The van der Waals surface area contributed by atoms with E-state index in [2.05, 4.69) is 25.1 Å². The Morgan fingerprint density at radius 2 is 2.00 bits per heavy atom. The molecule has 0 aromatic heterocycles. The monoisotopic (exact) mass is 287 g/mol. The number of Topliss-reactive ketones (excluding diaryl/α,β-unsaturated/α-hetero) is 1. The van der Waals surface area contributed by atoms with E-state index in [1.165, 1.54) is 18.4 Å². The Bertz CT molecular complexity index is 518. The van der Waals surface area contributed by atoms with Gasteiger partial charge in [0, 0.05) is 6.42 Å². The van der Waals surface area contributed by atoms with Gasteiger partial charge >= 0.3 is 0 Å². The van der Waals surface area contributed by atoms with Crippen molar-refractivity contribution in [1.82, 2.24) is 4.90 Å². The highest BCUT2D eigenvalue weighted by Gasteiger charge is 2.43. The summed E-state index contributed by atoms with van der Waals surface area (Å²) in [4.78, 5) is 15.2. The molecule has 1 unspecified atom stereocenters. The quantitative estimate of drug-likeness (QED) is 0.850. The Balaban J connectivity index is 1.79. The smallest absolute Gasteiger partial charge is 0.153 e. The number of nitrogens with zero attached hydrogens (tertiary/aromatic N) is 1. The van der Waals surface area contributed by atoms with E-state index in [-0.39, 0.29) is 5.54 Å². The number of ether oxygens (including phenoxy) is 1. The summed E-state index contributed by atoms with van der Waals surface area (Å²) in [6.45, 7) is 0.726. The van der Waals surface area contributed by atoms with Crippen molar-refractivity contribution in [1.29, 1.82) is 0 Å². The van der Waals surface area contributed by atoms with Crippen LogP contribution in [0.3, 0.4) is 0 Å². The maximum absolute atomic E-state index is 13.0. The van der Waals surface area contributed by atoms with Crippen LogP contribution >= 0.6 is 0 Å². The Morgan fingerprint density at radius 1 is 1.29 bits per heavy atom. The maximum Gasteiger partial charge on any atom is 0.153 e. The molecule has 0 bridgehead atoms. The van der Waals surface area contributed by atoms with Crippen LogP contribution in [0.15, 0.2) is 24.3 Å². The molecule has 3 heteroatoms. The second-order valence-corrected chi connectivity index (χ2v) is 6.63. The van der Waals surface area contributed by atoms with Gasteiger partial charge in [0.2, 0.25) is 0 Å². The zero-order chi connectivity index (χ0) is 14.9. The van der Waals surface area contributed by atoms with E-state index >= 15 is 0 Å². The second kappa shape index (κ2) is 5.80. The molecule has 1 atom stereocenters. The molecule has 1 aromatic carbocycles. The van der Waals surface area contributed by atoms with Gasteiger partial charge in [-0.2, -0.15) is 0 Å². The van der Waals surface area contributed by atoms with Gasteiger partial charge in [0.05, 0.1) is 12.1 Å². The minimum absolute atomic E-state index is 0.215. The van der Waals surface area contributed by atoms with Gasteiger partial charge in [-0.15, -0.1) is 0 Å². The minimum atomic E-state index is -0.215. The third kappa shape index (κ3) is 2.59. The van der Waals surface area contributed by atoms with Crippen molar-refractivity contribution in [3.05, 3.63) is 29.8 Å². The Morgan fingerprint density at radius 3 is 2.71 bits per heavy atom. The summed E-state index contributed by atoms with van der Waals surface area (Å²) in [7, 11) is 4.11. The first kappa shape index (κ1) is 14.6. The largest absolute Gasteiger partial charge is 0.493 e. The van der Waals surface area contributed by atoms with Crippen LogP contribution in [0, 0.1) is 0 Å². The number of fused-ring (bicyclic) bond motifs is 1. The third-order valence-electron chi connectivity index (χ3n) is 5.32. The van der Waals surface area contributed by atoms with Crippen LogP contribution in [0.5, 0.6) is 5.75 Å². The molecular weight excluding hydrogens is 262 g/mol. The van der Waals surface area contributed by atoms with Crippen molar-refractivity contribution in [2.24, 2.45) is 0 Å². The average molecular weight is 287 g/mol. The molecule has 3 rings (SSSR count). The molecule has 0 saturated heterocycles. The first-order valence-electron chi connectivity index (χ1n) is 8.06. The first-order valence-corrected chi connectivity index (χ1v) is 8.06. The molecule has 1 aliphatic heterocycles. The standard InChI is InChI=1S/C18H25NO2/c1-19(2)18(10-5-6-11-18)17(20)13-14-9-12-21-16-8-4-3-7-15(14)16/h3-4,7-8,14H,5-6,9-13H2,1-2H3. The number of benzene rings is 1. The molecular formula is C18H25NO2. The second-order valence-electron chi connectivity index (χ2n) is 6.63. The summed E-state index contributed by atoms with van der Waals surface area (Å²) in [5, 5.41) is 0. The fraction of sp³-hybridized carbons (Fsp3) is 0.611. The summed E-state index contributed by atoms with van der Waals surface area (Å²) in [6.07, 6.45) is 5.99. The number of rotatable bonds is 4. The van der Waals surface area contributed by atoms with Crippen LogP contribution in [0.2, 0.25) is 0 Å². The molecule has 1 heterocycles. The molecule has 2 aliphatic rings. The Labute approximate surface area is 127 Å². The third-order valence-corrected chi connectivity index (χ3v) is 5.32. The van der Waals surface area contributed by atoms with Crippen LogP contribution in [0.4, 0.5) is 0 Å². The molecule has 3 nitrogen and oxygen atoms in total. The zero-order valence-electron chi connectivity index (χ0n) is 13.1. The van der Waals surface area contributed by atoms with Crippen molar-refractivity contribution in [3.8, 4) is 5.75 Å². The van der Waals surface area contributed by atoms with Gasteiger partial charge in [-0.1, -0.05) is 31.0 Å². The van der Waals surface area contributed by atoms with Gasteiger partial charge in [0.15, 0.2) is 5.78 Å². The highest BCUT2D eigenvalue weighted by atomic mass is 16.5. The van der Waals surface area contributed by atoms with E-state index < -0.39 is 0 Å². The van der Waals surface area contributed by atoms with E-state index in [0.29, 0.717) is 18.1 Å². The molecule has 1 fully saturated rings. The molecule has 0 amide bonds. The lowest BCUT2D eigenvalue weighted by Gasteiger charge is -2.36. The summed E-state index contributed by atoms with van der Waals surface area (Å²) in [6, 6.07) is 8.18. The summed E-state index contributed by atoms with van der Waals surface area (Å²) in [5.74, 6) is 1.71. The molecule has 1 aliphatic carbocycles. The number of carbonyl (C=O) groups is 1. The fourth-order valence-corrected chi connectivity index (χ4v) is 3.98. The van der Waals surface area contributed by atoms with Crippen LogP contribution in [0.25, 0.3) is 0 Å². The lowest BCUT2D eigenvalue weighted by Crippen LogP contribution is -2.49. The summed E-state index contributed by atoms with van der Waals surface area (Å²) < 4.78 is 5.71. The number of hydrogen-bond donors (Lipinski definition) is 0.